The molecule has 8 heteroatoms. The van der Waals surface area contributed by atoms with Crippen molar-refractivity contribution >= 4 is 6.03 Å². The highest BCUT2D eigenvalue weighted by Gasteiger charge is 2.31. The second kappa shape index (κ2) is 7.84. The number of amides is 2. The van der Waals surface area contributed by atoms with E-state index < -0.39 is 24.4 Å². The van der Waals surface area contributed by atoms with Gasteiger partial charge in [0.05, 0.1) is 12.1 Å². The van der Waals surface area contributed by atoms with Crippen molar-refractivity contribution < 1.29 is 23.1 Å². The number of hydrogen-bond donors (Lipinski definition) is 3. The van der Waals surface area contributed by atoms with Crippen LogP contribution in [0.1, 0.15) is 32.1 Å². The van der Waals surface area contributed by atoms with E-state index in [1.54, 1.807) is 0 Å². The van der Waals surface area contributed by atoms with Crippen LogP contribution in [0.3, 0.4) is 0 Å². The zero-order chi connectivity index (χ0) is 15.9. The summed E-state index contributed by atoms with van der Waals surface area (Å²) in [5.74, 6) is 0. The van der Waals surface area contributed by atoms with E-state index >= 15 is 0 Å². The Kier molecular flexibility index (Phi) is 6.73. The van der Waals surface area contributed by atoms with Crippen molar-refractivity contribution in [2.45, 2.75) is 43.9 Å². The maximum Gasteiger partial charge on any atom is 0.401 e. The van der Waals surface area contributed by atoms with E-state index in [-0.39, 0.29) is 13.1 Å². The second-order valence-corrected chi connectivity index (χ2v) is 5.75. The number of halogens is 3. The molecule has 0 aromatic rings. The molecule has 0 aromatic heterocycles. The Bertz CT molecular complexity index is 331. The van der Waals surface area contributed by atoms with Crippen molar-refractivity contribution in [3.8, 4) is 0 Å². The van der Waals surface area contributed by atoms with Crippen molar-refractivity contribution in [3.05, 3.63) is 0 Å². The smallest absolute Gasteiger partial charge is 0.388 e. The largest absolute Gasteiger partial charge is 0.401 e. The standard InChI is InChI=1S/C13H24F3N3O2/c1-19(10-13(14,15)16)8-4-7-17-11(20)18-9-12(21)5-2-3-6-12/h21H,2-10H2,1H3,(H2,17,18,20). The summed E-state index contributed by atoms with van der Waals surface area (Å²) in [5, 5.41) is 15.2. The van der Waals surface area contributed by atoms with Crippen molar-refractivity contribution in [1.82, 2.24) is 15.5 Å². The van der Waals surface area contributed by atoms with Gasteiger partial charge in [0, 0.05) is 13.1 Å². The number of alkyl halides is 3. The van der Waals surface area contributed by atoms with Gasteiger partial charge in [-0.25, -0.2) is 4.79 Å². The SMILES string of the molecule is CN(CCCNC(=O)NCC1(O)CCCC1)CC(F)(F)F. The highest BCUT2D eigenvalue weighted by atomic mass is 19.4. The molecule has 124 valence electrons. The van der Waals surface area contributed by atoms with Gasteiger partial charge >= 0.3 is 12.2 Å². The molecule has 0 spiro atoms. The summed E-state index contributed by atoms with van der Waals surface area (Å²) >= 11 is 0. The Morgan fingerprint density at radius 2 is 1.90 bits per heavy atom. The van der Waals surface area contributed by atoms with Gasteiger partial charge in [-0.1, -0.05) is 12.8 Å². The van der Waals surface area contributed by atoms with Crippen molar-refractivity contribution in [2.24, 2.45) is 0 Å². The molecule has 2 amide bonds. The first-order chi connectivity index (χ1) is 9.70. The first kappa shape index (κ1) is 18.0. The van der Waals surface area contributed by atoms with E-state index in [4.69, 9.17) is 0 Å². The number of nitrogens with zero attached hydrogens (tertiary/aromatic N) is 1. The predicted molar refractivity (Wildman–Crippen MR) is 73.0 cm³/mol. The molecule has 0 heterocycles. The molecule has 1 aliphatic carbocycles. The van der Waals surface area contributed by atoms with Gasteiger partial charge in [-0.3, -0.25) is 4.90 Å². The molecular weight excluding hydrogens is 287 g/mol. The highest BCUT2D eigenvalue weighted by molar-refractivity contribution is 5.73. The highest BCUT2D eigenvalue weighted by Crippen LogP contribution is 2.28. The fourth-order valence-corrected chi connectivity index (χ4v) is 2.45. The second-order valence-electron chi connectivity index (χ2n) is 5.75. The molecular formula is C13H24F3N3O2. The van der Waals surface area contributed by atoms with E-state index in [1.165, 1.54) is 11.9 Å². The number of rotatable bonds is 7. The molecule has 0 unspecified atom stereocenters. The zero-order valence-corrected chi connectivity index (χ0v) is 12.3. The van der Waals surface area contributed by atoms with Crippen molar-refractivity contribution in [2.75, 3.05) is 33.2 Å². The third-order valence-corrected chi connectivity index (χ3v) is 3.56. The van der Waals surface area contributed by atoms with Crippen LogP contribution in [0.25, 0.3) is 0 Å². The minimum atomic E-state index is -4.20. The van der Waals surface area contributed by atoms with Crippen molar-refractivity contribution in [1.29, 1.82) is 0 Å². The van der Waals surface area contributed by atoms with Crippen LogP contribution >= 0.6 is 0 Å². The summed E-state index contributed by atoms with van der Waals surface area (Å²) in [6.45, 7) is -0.185. The number of aliphatic hydroxyl groups is 1. The molecule has 0 bridgehead atoms. The maximum absolute atomic E-state index is 12.1. The molecule has 1 saturated carbocycles. The van der Waals surface area contributed by atoms with E-state index in [0.29, 0.717) is 25.8 Å². The molecule has 0 aliphatic heterocycles. The number of carbonyl (C=O) groups excluding carboxylic acids is 1. The number of hydrogen-bond acceptors (Lipinski definition) is 3. The zero-order valence-electron chi connectivity index (χ0n) is 12.3. The third-order valence-electron chi connectivity index (χ3n) is 3.56. The third kappa shape index (κ3) is 8.11. The van der Waals surface area contributed by atoms with Gasteiger partial charge < -0.3 is 15.7 Å². The minimum Gasteiger partial charge on any atom is -0.388 e. The van der Waals surface area contributed by atoms with Gasteiger partial charge in [-0.05, 0) is 32.9 Å². The molecule has 0 atom stereocenters. The van der Waals surface area contributed by atoms with Gasteiger partial charge in [0.1, 0.15) is 0 Å². The summed E-state index contributed by atoms with van der Waals surface area (Å²) in [5.41, 5.74) is -0.801. The summed E-state index contributed by atoms with van der Waals surface area (Å²) in [6.07, 6.45) is -0.456. The van der Waals surface area contributed by atoms with Crippen LogP contribution in [0.4, 0.5) is 18.0 Å². The molecule has 21 heavy (non-hydrogen) atoms. The normalized spacial score (nSPS) is 18.0. The maximum atomic E-state index is 12.1. The van der Waals surface area contributed by atoms with Crippen LogP contribution in [0.2, 0.25) is 0 Å². The Labute approximate surface area is 122 Å². The van der Waals surface area contributed by atoms with Gasteiger partial charge in [0.2, 0.25) is 0 Å². The van der Waals surface area contributed by atoms with Crippen LogP contribution in [0, 0.1) is 0 Å². The Morgan fingerprint density at radius 1 is 1.29 bits per heavy atom. The lowest BCUT2D eigenvalue weighted by Crippen LogP contribution is -2.45. The summed E-state index contributed by atoms with van der Waals surface area (Å²) < 4.78 is 36.2. The fraction of sp³-hybridized carbons (Fsp3) is 0.923. The number of urea groups is 1. The monoisotopic (exact) mass is 311 g/mol. The lowest BCUT2D eigenvalue weighted by Gasteiger charge is -2.22. The summed E-state index contributed by atoms with van der Waals surface area (Å²) in [6, 6.07) is -0.395. The first-order valence-electron chi connectivity index (χ1n) is 7.20. The Hall–Kier alpha value is -1.02. The van der Waals surface area contributed by atoms with E-state index in [0.717, 1.165) is 12.8 Å². The molecule has 0 aromatic carbocycles. The lowest BCUT2D eigenvalue weighted by atomic mass is 10.0. The van der Waals surface area contributed by atoms with Crippen molar-refractivity contribution in [3.63, 3.8) is 0 Å². The van der Waals surface area contributed by atoms with Crippen LogP contribution in [0.15, 0.2) is 0 Å². The Balaban J connectivity index is 2.05. The Morgan fingerprint density at radius 3 is 2.48 bits per heavy atom. The fourth-order valence-electron chi connectivity index (χ4n) is 2.45. The average molecular weight is 311 g/mol. The molecule has 5 nitrogen and oxygen atoms in total. The topological polar surface area (TPSA) is 64.6 Å². The molecule has 1 fully saturated rings. The number of carbonyl (C=O) groups is 1. The molecule has 3 N–H and O–H groups in total. The quantitative estimate of drug-likeness (QED) is 0.624. The van der Waals surface area contributed by atoms with Gasteiger partial charge in [0.15, 0.2) is 0 Å². The molecule has 1 aliphatic rings. The van der Waals surface area contributed by atoms with E-state index in [1.807, 2.05) is 0 Å². The molecule has 1 rings (SSSR count). The predicted octanol–water partition coefficient (Wildman–Crippen LogP) is 1.47. The van der Waals surface area contributed by atoms with E-state index in [9.17, 15) is 23.1 Å². The van der Waals surface area contributed by atoms with E-state index in [2.05, 4.69) is 10.6 Å². The lowest BCUT2D eigenvalue weighted by molar-refractivity contribution is -0.143. The number of nitrogens with one attached hydrogen (secondary N) is 2. The summed E-state index contributed by atoms with van der Waals surface area (Å²) in [4.78, 5) is 12.7. The average Bonchev–Trinajstić information content (AvgIpc) is 2.78. The molecule has 0 saturated heterocycles. The van der Waals surface area contributed by atoms with Gasteiger partial charge in [0.25, 0.3) is 0 Å². The minimum absolute atomic E-state index is 0.215. The first-order valence-corrected chi connectivity index (χ1v) is 7.20. The summed E-state index contributed by atoms with van der Waals surface area (Å²) in [7, 11) is 1.39. The van der Waals surface area contributed by atoms with Crippen LogP contribution in [0.5, 0.6) is 0 Å². The van der Waals surface area contributed by atoms with Crippen LogP contribution in [-0.2, 0) is 0 Å². The van der Waals surface area contributed by atoms with Crippen LogP contribution in [-0.4, -0.2) is 61.0 Å². The van der Waals surface area contributed by atoms with Gasteiger partial charge in [-0.15, -0.1) is 0 Å². The van der Waals surface area contributed by atoms with Crippen LogP contribution < -0.4 is 10.6 Å². The molecule has 0 radical (unpaired) electrons. The van der Waals surface area contributed by atoms with Gasteiger partial charge in [-0.2, -0.15) is 13.2 Å².